The van der Waals surface area contributed by atoms with E-state index in [1.54, 1.807) is 18.2 Å². The molecule has 0 saturated carbocycles. The van der Waals surface area contributed by atoms with Gasteiger partial charge in [0.05, 0.1) is 13.2 Å². The Morgan fingerprint density at radius 2 is 1.67 bits per heavy atom. The van der Waals surface area contributed by atoms with Crippen LogP contribution >= 0.6 is 0 Å². The van der Waals surface area contributed by atoms with Crippen molar-refractivity contribution < 1.29 is 23.9 Å². The van der Waals surface area contributed by atoms with Gasteiger partial charge < -0.3 is 25.0 Å². The summed E-state index contributed by atoms with van der Waals surface area (Å²) in [5, 5.41) is 5.38. The summed E-state index contributed by atoms with van der Waals surface area (Å²) < 4.78 is 11.3. The van der Waals surface area contributed by atoms with Crippen LogP contribution in [0.15, 0.2) is 48.5 Å². The summed E-state index contributed by atoms with van der Waals surface area (Å²) in [5.41, 5.74) is 1.32. The Kier molecular flexibility index (Phi) is 9.11. The number of carbonyl (C=O) groups is 3. The lowest BCUT2D eigenvalue weighted by Crippen LogP contribution is -2.38. The Labute approximate surface area is 194 Å². The van der Waals surface area contributed by atoms with Crippen molar-refractivity contribution >= 4 is 17.7 Å². The molecule has 8 nitrogen and oxygen atoms in total. The molecule has 0 unspecified atom stereocenters. The van der Waals surface area contributed by atoms with Gasteiger partial charge in [-0.15, -0.1) is 0 Å². The van der Waals surface area contributed by atoms with Gasteiger partial charge >= 0.3 is 0 Å². The Hall–Kier alpha value is -3.55. The summed E-state index contributed by atoms with van der Waals surface area (Å²) in [5.74, 6) is 0.0418. The summed E-state index contributed by atoms with van der Waals surface area (Å²) in [6.45, 7) is 3.91. The first-order valence-corrected chi connectivity index (χ1v) is 11.3. The van der Waals surface area contributed by atoms with Gasteiger partial charge in [-0.05, 0) is 49.9 Å². The fraction of sp³-hybridized carbons (Fsp3) is 0.400. The first-order valence-electron chi connectivity index (χ1n) is 11.3. The molecular weight excluding hydrogens is 422 g/mol. The topological polar surface area (TPSA) is 97.0 Å². The second-order valence-electron chi connectivity index (χ2n) is 7.77. The second-order valence-corrected chi connectivity index (χ2v) is 7.77. The predicted molar refractivity (Wildman–Crippen MR) is 124 cm³/mol. The Bertz CT molecular complexity index is 942. The van der Waals surface area contributed by atoms with E-state index in [1.165, 1.54) is 0 Å². The molecule has 2 aromatic carbocycles. The molecule has 1 saturated heterocycles. The van der Waals surface area contributed by atoms with E-state index in [9.17, 15) is 14.4 Å². The van der Waals surface area contributed by atoms with E-state index in [-0.39, 0.29) is 25.0 Å². The smallest absolute Gasteiger partial charge is 0.260 e. The van der Waals surface area contributed by atoms with Gasteiger partial charge in [0.15, 0.2) is 18.1 Å². The van der Waals surface area contributed by atoms with Crippen LogP contribution in [0.1, 0.15) is 42.1 Å². The Morgan fingerprint density at radius 3 is 2.39 bits per heavy atom. The molecule has 0 aromatic heterocycles. The lowest BCUT2D eigenvalue weighted by atomic mass is 10.1. The molecule has 0 aliphatic carbocycles. The van der Waals surface area contributed by atoms with Crippen LogP contribution in [0.2, 0.25) is 0 Å². The summed E-state index contributed by atoms with van der Waals surface area (Å²) in [6, 6.07) is 14.3. The van der Waals surface area contributed by atoms with Crippen LogP contribution < -0.4 is 20.1 Å². The second kappa shape index (κ2) is 12.5. The average molecular weight is 454 g/mol. The van der Waals surface area contributed by atoms with Crippen molar-refractivity contribution in [1.82, 2.24) is 15.5 Å². The molecule has 0 atom stereocenters. The number of likely N-dealkylation sites (tertiary alicyclic amines) is 1. The van der Waals surface area contributed by atoms with Crippen molar-refractivity contribution in [2.45, 2.75) is 32.7 Å². The third-order valence-electron chi connectivity index (χ3n) is 5.31. The van der Waals surface area contributed by atoms with E-state index in [0.29, 0.717) is 30.2 Å². The van der Waals surface area contributed by atoms with Crippen LogP contribution in [0, 0.1) is 0 Å². The number of hydrogen-bond donors (Lipinski definition) is 2. The molecule has 3 rings (SSSR count). The van der Waals surface area contributed by atoms with Gasteiger partial charge in [-0.3, -0.25) is 14.4 Å². The van der Waals surface area contributed by atoms with E-state index < -0.39 is 5.91 Å². The van der Waals surface area contributed by atoms with E-state index in [0.717, 1.165) is 37.9 Å². The fourth-order valence-corrected chi connectivity index (χ4v) is 3.53. The maximum absolute atomic E-state index is 12.5. The van der Waals surface area contributed by atoms with E-state index in [1.807, 2.05) is 42.2 Å². The highest BCUT2D eigenvalue weighted by molar-refractivity contribution is 5.97. The first-order chi connectivity index (χ1) is 16.1. The van der Waals surface area contributed by atoms with E-state index in [2.05, 4.69) is 10.6 Å². The number of nitrogens with one attached hydrogen (secondary N) is 2. The van der Waals surface area contributed by atoms with Crippen LogP contribution in [0.5, 0.6) is 11.5 Å². The number of carbonyl (C=O) groups excluding carboxylic acids is 3. The molecule has 1 fully saturated rings. The van der Waals surface area contributed by atoms with Crippen molar-refractivity contribution in [2.75, 3.05) is 32.8 Å². The van der Waals surface area contributed by atoms with Gasteiger partial charge in [0.1, 0.15) is 0 Å². The van der Waals surface area contributed by atoms with E-state index >= 15 is 0 Å². The number of piperidine rings is 1. The summed E-state index contributed by atoms with van der Waals surface area (Å²) in [4.78, 5) is 38.7. The third-order valence-corrected chi connectivity index (χ3v) is 5.31. The molecule has 0 spiro atoms. The highest BCUT2D eigenvalue weighted by atomic mass is 16.5. The number of nitrogens with zero attached hydrogens (tertiary/aromatic N) is 1. The van der Waals surface area contributed by atoms with Crippen molar-refractivity contribution in [2.24, 2.45) is 0 Å². The molecule has 0 bridgehead atoms. The standard InChI is InChI=1S/C25H31N3O5/c1-2-32-22-15-20(11-12-21(22)33-18-24(30)28-13-7-4-8-14-28)25(31)27-17-23(29)26-16-19-9-5-3-6-10-19/h3,5-6,9-12,15H,2,4,7-8,13-14,16-18H2,1H3,(H,26,29)(H,27,31). The molecule has 1 heterocycles. The summed E-state index contributed by atoms with van der Waals surface area (Å²) in [6.07, 6.45) is 3.19. The molecule has 1 aliphatic rings. The van der Waals surface area contributed by atoms with Crippen LogP contribution in [0.3, 0.4) is 0 Å². The summed E-state index contributed by atoms with van der Waals surface area (Å²) >= 11 is 0. The first kappa shape index (κ1) is 24.1. The third kappa shape index (κ3) is 7.52. The molecule has 33 heavy (non-hydrogen) atoms. The van der Waals surface area contributed by atoms with Crippen LogP contribution in [0.4, 0.5) is 0 Å². The van der Waals surface area contributed by atoms with Gasteiger partial charge in [-0.25, -0.2) is 0 Å². The monoisotopic (exact) mass is 453 g/mol. The fourth-order valence-electron chi connectivity index (χ4n) is 3.53. The maximum atomic E-state index is 12.5. The van der Waals surface area contributed by atoms with E-state index in [4.69, 9.17) is 9.47 Å². The molecule has 3 amide bonds. The highest BCUT2D eigenvalue weighted by Crippen LogP contribution is 2.28. The van der Waals surface area contributed by atoms with Gasteiger partial charge in [0.2, 0.25) is 5.91 Å². The number of benzene rings is 2. The minimum atomic E-state index is -0.401. The van der Waals surface area contributed by atoms with Crippen LogP contribution in [-0.2, 0) is 16.1 Å². The zero-order chi connectivity index (χ0) is 23.5. The number of ether oxygens (including phenoxy) is 2. The van der Waals surface area contributed by atoms with Crippen molar-refractivity contribution in [3.05, 3.63) is 59.7 Å². The van der Waals surface area contributed by atoms with Gasteiger partial charge in [0.25, 0.3) is 11.8 Å². The molecular formula is C25H31N3O5. The molecule has 1 aliphatic heterocycles. The lowest BCUT2D eigenvalue weighted by molar-refractivity contribution is -0.134. The normalized spacial score (nSPS) is 13.2. The molecule has 176 valence electrons. The zero-order valence-electron chi connectivity index (χ0n) is 19.0. The quantitative estimate of drug-likeness (QED) is 0.576. The van der Waals surface area contributed by atoms with Crippen LogP contribution in [-0.4, -0.2) is 55.5 Å². The zero-order valence-corrected chi connectivity index (χ0v) is 19.0. The largest absolute Gasteiger partial charge is 0.490 e. The lowest BCUT2D eigenvalue weighted by Gasteiger charge is -2.26. The molecule has 2 aromatic rings. The SMILES string of the molecule is CCOc1cc(C(=O)NCC(=O)NCc2ccccc2)ccc1OCC(=O)N1CCCCC1. The predicted octanol–water partition coefficient (Wildman–Crippen LogP) is 2.52. The number of hydrogen-bond acceptors (Lipinski definition) is 5. The van der Waals surface area contributed by atoms with Gasteiger partial charge in [-0.1, -0.05) is 30.3 Å². The number of amides is 3. The Morgan fingerprint density at radius 1 is 0.909 bits per heavy atom. The van der Waals surface area contributed by atoms with Crippen molar-refractivity contribution in [3.63, 3.8) is 0 Å². The van der Waals surface area contributed by atoms with Crippen molar-refractivity contribution in [3.8, 4) is 11.5 Å². The van der Waals surface area contributed by atoms with Gasteiger partial charge in [0, 0.05) is 25.2 Å². The van der Waals surface area contributed by atoms with Gasteiger partial charge in [-0.2, -0.15) is 0 Å². The summed E-state index contributed by atoms with van der Waals surface area (Å²) in [7, 11) is 0. The number of rotatable bonds is 10. The highest BCUT2D eigenvalue weighted by Gasteiger charge is 2.18. The van der Waals surface area contributed by atoms with Crippen LogP contribution in [0.25, 0.3) is 0 Å². The minimum Gasteiger partial charge on any atom is -0.490 e. The average Bonchev–Trinajstić information content (AvgIpc) is 2.86. The van der Waals surface area contributed by atoms with Crippen molar-refractivity contribution in [1.29, 1.82) is 0 Å². The molecule has 0 radical (unpaired) electrons. The maximum Gasteiger partial charge on any atom is 0.260 e. The molecule has 8 heteroatoms. The Balaban J connectivity index is 1.51. The molecule has 2 N–H and O–H groups in total. The minimum absolute atomic E-state index is 0.0551.